The fraction of sp³-hybridized carbons (Fsp3) is 0.500. The van der Waals surface area contributed by atoms with Crippen molar-refractivity contribution < 1.29 is 0 Å². The molecule has 0 aromatic carbocycles. The molecule has 0 saturated carbocycles. The fourth-order valence-electron chi connectivity index (χ4n) is 0.983. The van der Waals surface area contributed by atoms with E-state index in [0.29, 0.717) is 0 Å². The smallest absolute Gasteiger partial charge is 0.109 e. The van der Waals surface area contributed by atoms with Gasteiger partial charge in [-0.3, -0.25) is 0 Å². The first-order chi connectivity index (χ1) is 5.34. The number of halogens is 3. The summed E-state index contributed by atoms with van der Waals surface area (Å²) in [7, 11) is 0. The summed E-state index contributed by atoms with van der Waals surface area (Å²) < 4.78 is 2.44. The van der Waals surface area contributed by atoms with Crippen molar-refractivity contribution in [3.8, 4) is 0 Å². The van der Waals surface area contributed by atoms with Crippen LogP contribution in [0.2, 0.25) is 8.67 Å². The van der Waals surface area contributed by atoms with Gasteiger partial charge in [0.15, 0.2) is 0 Å². The number of rotatable bonds is 0. The molecular weight excluding hydrogens is 279 g/mol. The van der Waals surface area contributed by atoms with Crippen LogP contribution in [0.15, 0.2) is 4.47 Å². The fourth-order valence-corrected chi connectivity index (χ4v) is 4.18. The summed E-state index contributed by atoms with van der Waals surface area (Å²) in [5.41, 5.74) is 1.14. The molecule has 68 valence electrons. The standard InChI is InChI=1S/C8H9BrCl2S/c1-8(2,3)4-5(9)7(11)12-6(4)10/h1-3H3. The van der Waals surface area contributed by atoms with Crippen molar-refractivity contribution in [3.63, 3.8) is 0 Å². The predicted octanol–water partition coefficient (Wildman–Crippen LogP) is 5.11. The van der Waals surface area contributed by atoms with Gasteiger partial charge in [-0.25, -0.2) is 0 Å². The summed E-state index contributed by atoms with van der Waals surface area (Å²) in [6, 6.07) is 0. The number of hydrogen-bond acceptors (Lipinski definition) is 1. The Hall–Kier alpha value is 0.760. The molecule has 1 heterocycles. The Balaban J connectivity index is 3.32. The van der Waals surface area contributed by atoms with Gasteiger partial charge in [0, 0.05) is 5.56 Å². The Morgan fingerprint density at radius 1 is 1.17 bits per heavy atom. The van der Waals surface area contributed by atoms with Crippen molar-refractivity contribution in [1.82, 2.24) is 0 Å². The number of hydrogen-bond donors (Lipinski definition) is 0. The van der Waals surface area contributed by atoms with Gasteiger partial charge in [-0.2, -0.15) is 0 Å². The summed E-state index contributed by atoms with van der Waals surface area (Å²) in [5, 5.41) is 0. The lowest BCUT2D eigenvalue weighted by Crippen LogP contribution is -2.10. The zero-order valence-corrected chi connectivity index (χ0v) is 11.0. The molecule has 0 radical (unpaired) electrons. The molecule has 0 bridgehead atoms. The third-order valence-electron chi connectivity index (χ3n) is 1.52. The van der Waals surface area contributed by atoms with Crippen LogP contribution in [-0.2, 0) is 5.41 Å². The number of thiophene rings is 1. The van der Waals surface area contributed by atoms with Gasteiger partial charge in [0.1, 0.15) is 4.34 Å². The Bertz CT molecular complexity index is 299. The maximum Gasteiger partial charge on any atom is 0.109 e. The van der Waals surface area contributed by atoms with E-state index < -0.39 is 0 Å². The molecule has 0 saturated heterocycles. The summed E-state index contributed by atoms with van der Waals surface area (Å²) in [5.74, 6) is 0. The van der Waals surface area contributed by atoms with Crippen LogP contribution in [-0.4, -0.2) is 0 Å². The van der Waals surface area contributed by atoms with E-state index >= 15 is 0 Å². The van der Waals surface area contributed by atoms with Crippen molar-refractivity contribution in [3.05, 3.63) is 18.7 Å². The molecule has 0 aliphatic carbocycles. The molecule has 1 aromatic rings. The summed E-state index contributed by atoms with van der Waals surface area (Å²) in [6.07, 6.45) is 0. The third kappa shape index (κ3) is 1.98. The highest BCUT2D eigenvalue weighted by Crippen LogP contribution is 2.45. The highest BCUT2D eigenvalue weighted by Gasteiger charge is 2.24. The van der Waals surface area contributed by atoms with Gasteiger partial charge >= 0.3 is 0 Å². The predicted molar refractivity (Wildman–Crippen MR) is 60.7 cm³/mol. The van der Waals surface area contributed by atoms with Crippen molar-refractivity contribution in [2.45, 2.75) is 26.2 Å². The summed E-state index contributed by atoms with van der Waals surface area (Å²) in [6.45, 7) is 6.34. The second-order valence-electron chi connectivity index (χ2n) is 3.59. The molecule has 1 rings (SSSR count). The van der Waals surface area contributed by atoms with E-state index in [1.54, 1.807) is 0 Å². The SMILES string of the molecule is CC(C)(C)c1c(Cl)sc(Cl)c1Br. The first-order valence-electron chi connectivity index (χ1n) is 3.48. The van der Waals surface area contributed by atoms with E-state index in [1.165, 1.54) is 11.3 Å². The Kier molecular flexibility index (Phi) is 3.15. The minimum Gasteiger partial charge on any atom is -0.110 e. The zero-order valence-electron chi connectivity index (χ0n) is 7.04. The van der Waals surface area contributed by atoms with E-state index in [-0.39, 0.29) is 5.41 Å². The average molecular weight is 288 g/mol. The molecule has 0 aliphatic heterocycles. The molecule has 0 atom stereocenters. The second-order valence-corrected chi connectivity index (χ2v) is 6.61. The molecule has 4 heteroatoms. The Morgan fingerprint density at radius 3 is 1.83 bits per heavy atom. The first-order valence-corrected chi connectivity index (χ1v) is 5.84. The molecule has 0 N–H and O–H groups in total. The van der Waals surface area contributed by atoms with Gasteiger partial charge < -0.3 is 0 Å². The summed E-state index contributed by atoms with van der Waals surface area (Å²) >= 11 is 16.8. The van der Waals surface area contributed by atoms with Gasteiger partial charge in [0.25, 0.3) is 0 Å². The van der Waals surface area contributed by atoms with Crippen molar-refractivity contribution in [2.75, 3.05) is 0 Å². The summed E-state index contributed by atoms with van der Waals surface area (Å²) in [4.78, 5) is 0. The molecule has 0 amide bonds. The molecule has 1 aromatic heterocycles. The van der Waals surface area contributed by atoms with Crippen molar-refractivity contribution in [2.24, 2.45) is 0 Å². The van der Waals surface area contributed by atoms with E-state index in [4.69, 9.17) is 23.2 Å². The largest absolute Gasteiger partial charge is 0.110 e. The second kappa shape index (κ2) is 3.49. The van der Waals surface area contributed by atoms with Crippen LogP contribution < -0.4 is 0 Å². The molecule has 0 fully saturated rings. The van der Waals surface area contributed by atoms with E-state index in [0.717, 1.165) is 18.7 Å². The van der Waals surface area contributed by atoms with Crippen LogP contribution in [0.3, 0.4) is 0 Å². The molecular formula is C8H9BrCl2S. The van der Waals surface area contributed by atoms with Gasteiger partial charge in [-0.15, -0.1) is 11.3 Å². The zero-order chi connectivity index (χ0) is 9.52. The van der Waals surface area contributed by atoms with Crippen LogP contribution >= 0.6 is 50.5 Å². The maximum atomic E-state index is 6.04. The van der Waals surface area contributed by atoms with Crippen molar-refractivity contribution >= 4 is 50.5 Å². The minimum absolute atomic E-state index is 0.0412. The molecule has 0 nitrogen and oxygen atoms in total. The third-order valence-corrected chi connectivity index (χ3v) is 4.41. The van der Waals surface area contributed by atoms with E-state index in [9.17, 15) is 0 Å². The average Bonchev–Trinajstić information content (AvgIpc) is 2.05. The monoisotopic (exact) mass is 286 g/mol. The molecule has 12 heavy (non-hydrogen) atoms. The lowest BCUT2D eigenvalue weighted by atomic mass is 9.89. The van der Waals surface area contributed by atoms with Gasteiger partial charge in [-0.05, 0) is 21.3 Å². The minimum atomic E-state index is 0.0412. The molecule has 0 aliphatic rings. The lowest BCUT2D eigenvalue weighted by molar-refractivity contribution is 0.590. The maximum absolute atomic E-state index is 6.04. The highest BCUT2D eigenvalue weighted by atomic mass is 79.9. The van der Waals surface area contributed by atoms with E-state index in [2.05, 4.69) is 36.7 Å². The van der Waals surface area contributed by atoms with Gasteiger partial charge in [-0.1, -0.05) is 44.0 Å². The van der Waals surface area contributed by atoms with E-state index in [1.807, 2.05) is 0 Å². The van der Waals surface area contributed by atoms with Crippen LogP contribution in [0, 0.1) is 0 Å². The van der Waals surface area contributed by atoms with Crippen LogP contribution in [0.25, 0.3) is 0 Å². The quantitative estimate of drug-likeness (QED) is 0.622. The van der Waals surface area contributed by atoms with Gasteiger partial charge in [0.2, 0.25) is 0 Å². The Labute approximate surface area is 95.0 Å². The van der Waals surface area contributed by atoms with Gasteiger partial charge in [0.05, 0.1) is 8.81 Å². The first kappa shape index (κ1) is 10.8. The highest BCUT2D eigenvalue weighted by molar-refractivity contribution is 9.10. The van der Waals surface area contributed by atoms with Crippen LogP contribution in [0.5, 0.6) is 0 Å². The Morgan fingerprint density at radius 2 is 1.67 bits per heavy atom. The van der Waals surface area contributed by atoms with Crippen LogP contribution in [0.4, 0.5) is 0 Å². The molecule has 0 unspecified atom stereocenters. The molecule has 0 spiro atoms. The lowest BCUT2D eigenvalue weighted by Gasteiger charge is -2.18. The normalized spacial score (nSPS) is 12.2. The van der Waals surface area contributed by atoms with Crippen molar-refractivity contribution in [1.29, 1.82) is 0 Å². The topological polar surface area (TPSA) is 0 Å². The van der Waals surface area contributed by atoms with Crippen LogP contribution in [0.1, 0.15) is 26.3 Å².